The Bertz CT molecular complexity index is 538. The summed E-state index contributed by atoms with van der Waals surface area (Å²) in [5, 5.41) is 0. The van der Waals surface area contributed by atoms with Crippen LogP contribution in [0.15, 0.2) is 24.3 Å². The standard InChI is InChI=1S/C24H40N2O/c1-19-16-20(2)18-26(17-19)14-5-15-27-24-12-8-22(9-13-24)21-6-10-23(11-7-21)25(3)4/h8-9,12-13,19-21,23H,5-7,10-11,14-18H2,1-4H3/t19-,20-,21?,23?/m0/s1. The van der Waals surface area contributed by atoms with Gasteiger partial charge in [-0.1, -0.05) is 26.0 Å². The number of hydrogen-bond acceptors (Lipinski definition) is 3. The number of benzene rings is 1. The first-order chi connectivity index (χ1) is 13.0. The highest BCUT2D eigenvalue weighted by Crippen LogP contribution is 2.34. The predicted octanol–water partition coefficient (Wildman–Crippen LogP) is 5.02. The van der Waals surface area contributed by atoms with Crippen molar-refractivity contribution in [2.45, 2.75) is 64.3 Å². The highest BCUT2D eigenvalue weighted by Gasteiger charge is 2.23. The van der Waals surface area contributed by atoms with E-state index in [1.807, 2.05) is 0 Å². The Labute approximate surface area is 167 Å². The van der Waals surface area contributed by atoms with E-state index >= 15 is 0 Å². The molecule has 2 fully saturated rings. The largest absolute Gasteiger partial charge is 0.494 e. The van der Waals surface area contributed by atoms with Crippen LogP contribution in [0.5, 0.6) is 5.75 Å². The van der Waals surface area contributed by atoms with E-state index < -0.39 is 0 Å². The second-order valence-electron chi connectivity index (χ2n) is 9.45. The van der Waals surface area contributed by atoms with E-state index in [1.165, 1.54) is 57.3 Å². The molecule has 0 spiro atoms. The van der Waals surface area contributed by atoms with E-state index in [9.17, 15) is 0 Å². The van der Waals surface area contributed by atoms with Gasteiger partial charge in [-0.15, -0.1) is 0 Å². The van der Waals surface area contributed by atoms with Crippen LogP contribution in [-0.4, -0.2) is 56.2 Å². The van der Waals surface area contributed by atoms with Crippen molar-refractivity contribution < 1.29 is 4.74 Å². The molecule has 3 nitrogen and oxygen atoms in total. The zero-order valence-corrected chi connectivity index (χ0v) is 18.0. The van der Waals surface area contributed by atoms with Crippen molar-refractivity contribution in [1.82, 2.24) is 9.80 Å². The summed E-state index contributed by atoms with van der Waals surface area (Å²) >= 11 is 0. The molecule has 2 aliphatic rings. The van der Waals surface area contributed by atoms with E-state index in [0.29, 0.717) is 0 Å². The van der Waals surface area contributed by atoms with Gasteiger partial charge in [-0.3, -0.25) is 0 Å². The third-order valence-corrected chi connectivity index (χ3v) is 6.61. The molecule has 1 saturated heterocycles. The van der Waals surface area contributed by atoms with Crippen LogP contribution < -0.4 is 4.74 Å². The Hall–Kier alpha value is -1.06. The number of likely N-dealkylation sites (tertiary alicyclic amines) is 1. The van der Waals surface area contributed by atoms with Crippen LogP contribution >= 0.6 is 0 Å². The zero-order valence-electron chi connectivity index (χ0n) is 18.0. The molecule has 152 valence electrons. The molecule has 1 saturated carbocycles. The minimum atomic E-state index is 0.735. The Balaban J connectivity index is 1.37. The van der Waals surface area contributed by atoms with E-state index in [2.05, 4.69) is 62.0 Å². The van der Waals surface area contributed by atoms with Crippen molar-refractivity contribution in [3.05, 3.63) is 29.8 Å². The fourth-order valence-corrected chi connectivity index (χ4v) is 5.21. The van der Waals surface area contributed by atoms with Crippen LogP contribution in [-0.2, 0) is 0 Å². The number of nitrogens with zero attached hydrogens (tertiary/aromatic N) is 2. The lowest BCUT2D eigenvalue weighted by atomic mass is 9.81. The van der Waals surface area contributed by atoms with E-state index in [0.717, 1.165) is 42.6 Å². The molecule has 27 heavy (non-hydrogen) atoms. The summed E-state index contributed by atoms with van der Waals surface area (Å²) in [4.78, 5) is 5.01. The monoisotopic (exact) mass is 372 g/mol. The first-order valence-electron chi connectivity index (χ1n) is 11.1. The van der Waals surface area contributed by atoms with E-state index in [-0.39, 0.29) is 0 Å². The summed E-state index contributed by atoms with van der Waals surface area (Å²) in [5.41, 5.74) is 1.50. The molecular formula is C24H40N2O. The lowest BCUT2D eigenvalue weighted by Gasteiger charge is -2.34. The van der Waals surface area contributed by atoms with Crippen LogP contribution in [0.25, 0.3) is 0 Å². The molecule has 0 aromatic heterocycles. The van der Waals surface area contributed by atoms with Gasteiger partial charge in [0.2, 0.25) is 0 Å². The summed E-state index contributed by atoms with van der Waals surface area (Å²) in [6.07, 6.45) is 7.78. The van der Waals surface area contributed by atoms with Crippen molar-refractivity contribution >= 4 is 0 Å². The van der Waals surface area contributed by atoms with Gasteiger partial charge in [0, 0.05) is 25.7 Å². The second-order valence-corrected chi connectivity index (χ2v) is 9.45. The van der Waals surface area contributed by atoms with Crippen molar-refractivity contribution in [3.8, 4) is 5.75 Å². The Morgan fingerprint density at radius 3 is 2.19 bits per heavy atom. The molecule has 3 rings (SSSR count). The topological polar surface area (TPSA) is 15.7 Å². The zero-order chi connectivity index (χ0) is 19.2. The maximum absolute atomic E-state index is 6.01. The minimum absolute atomic E-state index is 0.735. The third kappa shape index (κ3) is 6.22. The predicted molar refractivity (Wildman–Crippen MR) is 115 cm³/mol. The fraction of sp³-hybridized carbons (Fsp3) is 0.750. The first-order valence-corrected chi connectivity index (χ1v) is 11.1. The molecule has 0 bridgehead atoms. The van der Waals surface area contributed by atoms with Gasteiger partial charge in [0.15, 0.2) is 0 Å². The molecule has 3 heteroatoms. The van der Waals surface area contributed by atoms with Crippen molar-refractivity contribution in [3.63, 3.8) is 0 Å². The smallest absolute Gasteiger partial charge is 0.119 e. The highest BCUT2D eigenvalue weighted by molar-refractivity contribution is 5.29. The molecule has 0 unspecified atom stereocenters. The third-order valence-electron chi connectivity index (χ3n) is 6.61. The number of rotatable bonds is 7. The van der Waals surface area contributed by atoms with Crippen LogP contribution in [0.3, 0.4) is 0 Å². The van der Waals surface area contributed by atoms with Crippen molar-refractivity contribution in [2.75, 3.05) is 40.3 Å². The van der Waals surface area contributed by atoms with Crippen LogP contribution in [0, 0.1) is 11.8 Å². The second kappa shape index (κ2) is 9.93. The van der Waals surface area contributed by atoms with E-state index in [1.54, 1.807) is 0 Å². The van der Waals surface area contributed by atoms with Gasteiger partial charge in [-0.2, -0.15) is 0 Å². The van der Waals surface area contributed by atoms with Crippen LogP contribution in [0.1, 0.15) is 63.9 Å². The summed E-state index contributed by atoms with van der Waals surface area (Å²) in [5.74, 6) is 3.45. The molecule has 2 atom stereocenters. The lowest BCUT2D eigenvalue weighted by Crippen LogP contribution is -2.39. The molecule has 0 amide bonds. The van der Waals surface area contributed by atoms with Gasteiger partial charge in [-0.25, -0.2) is 0 Å². The fourth-order valence-electron chi connectivity index (χ4n) is 5.21. The Morgan fingerprint density at radius 1 is 0.963 bits per heavy atom. The number of ether oxygens (including phenoxy) is 1. The van der Waals surface area contributed by atoms with Gasteiger partial charge in [0.05, 0.1) is 6.61 Å². The van der Waals surface area contributed by atoms with Crippen molar-refractivity contribution in [1.29, 1.82) is 0 Å². The summed E-state index contributed by atoms with van der Waals surface area (Å²) in [7, 11) is 4.42. The number of hydrogen-bond donors (Lipinski definition) is 0. The highest BCUT2D eigenvalue weighted by atomic mass is 16.5. The molecule has 0 N–H and O–H groups in total. The lowest BCUT2D eigenvalue weighted by molar-refractivity contribution is 0.132. The van der Waals surface area contributed by atoms with Crippen LogP contribution in [0.4, 0.5) is 0 Å². The Morgan fingerprint density at radius 2 is 1.59 bits per heavy atom. The summed E-state index contributed by atoms with van der Waals surface area (Å²) < 4.78 is 6.01. The minimum Gasteiger partial charge on any atom is -0.494 e. The van der Waals surface area contributed by atoms with Gasteiger partial charge >= 0.3 is 0 Å². The SMILES string of the molecule is C[C@H]1C[C@H](C)CN(CCCOc2ccc(C3CCC(N(C)C)CC3)cc2)C1. The average molecular weight is 373 g/mol. The maximum Gasteiger partial charge on any atom is 0.119 e. The molecule has 1 aliphatic heterocycles. The Kier molecular flexibility index (Phi) is 7.60. The summed E-state index contributed by atoms with van der Waals surface area (Å²) in [6, 6.07) is 9.72. The normalized spacial score (nSPS) is 29.8. The van der Waals surface area contributed by atoms with E-state index in [4.69, 9.17) is 4.74 Å². The molecular weight excluding hydrogens is 332 g/mol. The van der Waals surface area contributed by atoms with Gasteiger partial charge in [0.25, 0.3) is 0 Å². The average Bonchev–Trinajstić information content (AvgIpc) is 2.65. The van der Waals surface area contributed by atoms with Gasteiger partial charge in [-0.05, 0) is 88.1 Å². The molecule has 1 aliphatic carbocycles. The molecule has 1 heterocycles. The molecule has 0 radical (unpaired) electrons. The first kappa shape index (κ1) is 20.7. The van der Waals surface area contributed by atoms with Crippen molar-refractivity contribution in [2.24, 2.45) is 11.8 Å². The number of piperidine rings is 1. The summed E-state index contributed by atoms with van der Waals surface area (Å²) in [6.45, 7) is 9.28. The quantitative estimate of drug-likeness (QED) is 0.625. The molecule has 1 aromatic carbocycles. The maximum atomic E-state index is 6.01. The van der Waals surface area contributed by atoms with Gasteiger partial charge < -0.3 is 14.5 Å². The van der Waals surface area contributed by atoms with Crippen LogP contribution in [0.2, 0.25) is 0 Å². The van der Waals surface area contributed by atoms with Gasteiger partial charge in [0.1, 0.15) is 5.75 Å². The molecule has 1 aromatic rings.